The third kappa shape index (κ3) is 4.13. The summed E-state index contributed by atoms with van der Waals surface area (Å²) in [6.45, 7) is 1.59. The van der Waals surface area contributed by atoms with Gasteiger partial charge in [0.2, 0.25) is 0 Å². The zero-order valence-corrected chi connectivity index (χ0v) is 9.18. The van der Waals surface area contributed by atoms with Gasteiger partial charge in [-0.05, 0) is 31.6 Å². The molecule has 1 rings (SSSR count). The number of hydrogen-bond acceptors (Lipinski definition) is 3. The molecule has 80 valence electrons. The number of carbonyl (C=O) groups excluding carboxylic acids is 1. The Kier molecular flexibility index (Phi) is 4.45. The van der Waals surface area contributed by atoms with E-state index in [0.717, 1.165) is 25.7 Å². The molecule has 0 amide bonds. The van der Waals surface area contributed by atoms with Gasteiger partial charge in [-0.1, -0.05) is 11.8 Å². The lowest BCUT2D eigenvalue weighted by Gasteiger charge is -2.26. The monoisotopic (exact) mass is 216 g/mol. The van der Waals surface area contributed by atoms with Crippen molar-refractivity contribution in [2.75, 3.05) is 0 Å². The van der Waals surface area contributed by atoms with Crippen LogP contribution < -0.4 is 0 Å². The van der Waals surface area contributed by atoms with Gasteiger partial charge >= 0.3 is 5.97 Å². The van der Waals surface area contributed by atoms with Gasteiger partial charge in [0.05, 0.1) is 0 Å². The van der Waals surface area contributed by atoms with Crippen molar-refractivity contribution in [3.63, 3.8) is 0 Å². The van der Waals surface area contributed by atoms with Gasteiger partial charge in [-0.15, -0.1) is 0 Å². The molecule has 1 fully saturated rings. The zero-order chi connectivity index (χ0) is 10.6. The molecular weight excluding hydrogens is 200 g/mol. The van der Waals surface area contributed by atoms with Crippen molar-refractivity contribution in [2.24, 2.45) is 5.92 Å². The van der Waals surface area contributed by atoms with E-state index in [4.69, 9.17) is 5.11 Å². The fourth-order valence-corrected chi connectivity index (χ4v) is 2.91. The summed E-state index contributed by atoms with van der Waals surface area (Å²) in [4.78, 5) is 21.3. The molecule has 0 aromatic heterocycles. The molecule has 1 N–H and O–H groups in total. The molecule has 4 heteroatoms. The highest BCUT2D eigenvalue weighted by Crippen LogP contribution is 2.33. The van der Waals surface area contributed by atoms with Gasteiger partial charge in [0.1, 0.15) is 0 Å². The van der Waals surface area contributed by atoms with Crippen LogP contribution in [0.2, 0.25) is 0 Å². The second-order valence-electron chi connectivity index (χ2n) is 3.85. The van der Waals surface area contributed by atoms with Gasteiger partial charge < -0.3 is 5.11 Å². The standard InChI is InChI=1S/C10H16O3S/c1-7(11)14-9-4-2-8(3-5-9)6-10(12)13/h8-9H,2-6H2,1H3,(H,12,13). The maximum Gasteiger partial charge on any atom is 0.303 e. The number of rotatable bonds is 3. The minimum atomic E-state index is -0.701. The highest BCUT2D eigenvalue weighted by Gasteiger charge is 2.23. The summed E-state index contributed by atoms with van der Waals surface area (Å²) in [5, 5.41) is 9.22. The van der Waals surface area contributed by atoms with Crippen LogP contribution >= 0.6 is 11.8 Å². The van der Waals surface area contributed by atoms with Gasteiger partial charge in [0.25, 0.3) is 0 Å². The Morgan fingerprint density at radius 1 is 1.29 bits per heavy atom. The molecule has 0 radical (unpaired) electrons. The van der Waals surface area contributed by atoms with E-state index in [-0.39, 0.29) is 11.5 Å². The Bertz CT molecular complexity index is 195. The minimum absolute atomic E-state index is 0.173. The third-order valence-corrected chi connectivity index (χ3v) is 3.73. The number of carbonyl (C=O) groups is 2. The first kappa shape index (κ1) is 11.6. The molecule has 0 aromatic rings. The molecule has 0 spiro atoms. The first-order valence-electron chi connectivity index (χ1n) is 4.97. The van der Waals surface area contributed by atoms with Crippen LogP contribution in [0.3, 0.4) is 0 Å². The number of carboxylic acid groups (broad SMARTS) is 1. The van der Waals surface area contributed by atoms with Gasteiger partial charge in [-0.2, -0.15) is 0 Å². The quantitative estimate of drug-likeness (QED) is 0.786. The first-order chi connectivity index (χ1) is 6.58. The molecule has 3 nitrogen and oxygen atoms in total. The molecule has 1 aliphatic carbocycles. The average molecular weight is 216 g/mol. The molecule has 1 aliphatic rings. The summed E-state index contributed by atoms with van der Waals surface area (Å²) < 4.78 is 0. The molecule has 14 heavy (non-hydrogen) atoms. The van der Waals surface area contributed by atoms with Crippen LogP contribution in [0.25, 0.3) is 0 Å². The van der Waals surface area contributed by atoms with Crippen molar-refractivity contribution in [1.29, 1.82) is 0 Å². The Labute approximate surface area is 88.3 Å². The first-order valence-corrected chi connectivity index (χ1v) is 5.85. The van der Waals surface area contributed by atoms with Crippen molar-refractivity contribution in [3.05, 3.63) is 0 Å². The van der Waals surface area contributed by atoms with Crippen LogP contribution in [0, 0.1) is 5.92 Å². The van der Waals surface area contributed by atoms with Gasteiger partial charge in [-0.3, -0.25) is 9.59 Å². The van der Waals surface area contributed by atoms with Crippen molar-refractivity contribution in [2.45, 2.75) is 44.3 Å². The molecule has 0 heterocycles. The highest BCUT2D eigenvalue weighted by atomic mass is 32.2. The fraction of sp³-hybridized carbons (Fsp3) is 0.800. The smallest absolute Gasteiger partial charge is 0.303 e. The largest absolute Gasteiger partial charge is 0.481 e. The Morgan fingerprint density at radius 3 is 2.29 bits per heavy atom. The summed E-state index contributed by atoms with van der Waals surface area (Å²) in [6, 6.07) is 0. The summed E-state index contributed by atoms with van der Waals surface area (Å²) in [5.74, 6) is -0.371. The van der Waals surface area contributed by atoms with Crippen LogP contribution in [-0.4, -0.2) is 21.4 Å². The molecular formula is C10H16O3S. The van der Waals surface area contributed by atoms with Crippen LogP contribution in [0.15, 0.2) is 0 Å². The number of aliphatic carboxylic acids is 1. The van der Waals surface area contributed by atoms with E-state index >= 15 is 0 Å². The Morgan fingerprint density at radius 2 is 1.86 bits per heavy atom. The fourth-order valence-electron chi connectivity index (χ4n) is 1.94. The van der Waals surface area contributed by atoms with E-state index in [2.05, 4.69) is 0 Å². The lowest BCUT2D eigenvalue weighted by Crippen LogP contribution is -2.19. The topological polar surface area (TPSA) is 54.4 Å². The van der Waals surface area contributed by atoms with Crippen molar-refractivity contribution in [1.82, 2.24) is 0 Å². The van der Waals surface area contributed by atoms with E-state index in [1.165, 1.54) is 11.8 Å². The van der Waals surface area contributed by atoms with E-state index in [9.17, 15) is 9.59 Å². The molecule has 0 saturated heterocycles. The molecule has 0 unspecified atom stereocenters. The SMILES string of the molecule is CC(=O)SC1CCC(CC(=O)O)CC1. The Hall–Kier alpha value is -0.510. The van der Waals surface area contributed by atoms with E-state index in [1.54, 1.807) is 6.92 Å². The van der Waals surface area contributed by atoms with Crippen molar-refractivity contribution >= 4 is 22.8 Å². The third-order valence-electron chi connectivity index (χ3n) is 2.59. The molecule has 1 saturated carbocycles. The van der Waals surface area contributed by atoms with E-state index in [0.29, 0.717) is 11.2 Å². The summed E-state index contributed by atoms with van der Waals surface area (Å²) in [5.41, 5.74) is 0. The van der Waals surface area contributed by atoms with Gasteiger partial charge in [0.15, 0.2) is 5.12 Å². The van der Waals surface area contributed by atoms with Crippen LogP contribution in [0.1, 0.15) is 39.0 Å². The van der Waals surface area contributed by atoms with E-state index in [1.807, 2.05) is 0 Å². The maximum atomic E-state index is 10.8. The minimum Gasteiger partial charge on any atom is -0.481 e. The summed E-state index contributed by atoms with van der Waals surface area (Å²) >= 11 is 1.41. The molecule has 0 aliphatic heterocycles. The van der Waals surface area contributed by atoms with Gasteiger partial charge in [-0.25, -0.2) is 0 Å². The normalized spacial score (nSPS) is 27.2. The summed E-state index contributed by atoms with van der Waals surface area (Å²) in [6.07, 6.45) is 4.18. The predicted octanol–water partition coefficient (Wildman–Crippen LogP) is 2.30. The lowest BCUT2D eigenvalue weighted by molar-refractivity contribution is -0.138. The lowest BCUT2D eigenvalue weighted by atomic mass is 9.87. The van der Waals surface area contributed by atoms with Crippen molar-refractivity contribution < 1.29 is 14.7 Å². The van der Waals surface area contributed by atoms with Crippen molar-refractivity contribution in [3.8, 4) is 0 Å². The second kappa shape index (κ2) is 5.39. The number of hydrogen-bond donors (Lipinski definition) is 1. The number of carboxylic acids is 1. The maximum absolute atomic E-state index is 10.8. The zero-order valence-electron chi connectivity index (χ0n) is 8.36. The van der Waals surface area contributed by atoms with Crippen LogP contribution in [0.4, 0.5) is 0 Å². The average Bonchev–Trinajstić information content (AvgIpc) is 2.06. The Balaban J connectivity index is 2.24. The number of thioether (sulfide) groups is 1. The summed E-state index contributed by atoms with van der Waals surface area (Å²) in [7, 11) is 0. The molecule has 0 atom stereocenters. The van der Waals surface area contributed by atoms with Crippen LogP contribution in [-0.2, 0) is 9.59 Å². The molecule has 0 bridgehead atoms. The predicted molar refractivity (Wildman–Crippen MR) is 56.3 cm³/mol. The van der Waals surface area contributed by atoms with Gasteiger partial charge in [0, 0.05) is 18.6 Å². The van der Waals surface area contributed by atoms with E-state index < -0.39 is 5.97 Å². The molecule has 0 aromatic carbocycles. The highest BCUT2D eigenvalue weighted by molar-refractivity contribution is 8.14. The van der Waals surface area contributed by atoms with Crippen LogP contribution in [0.5, 0.6) is 0 Å². The second-order valence-corrected chi connectivity index (χ2v) is 5.33.